The summed E-state index contributed by atoms with van der Waals surface area (Å²) in [6.45, 7) is 3.83. The summed E-state index contributed by atoms with van der Waals surface area (Å²) >= 11 is 0. The molecule has 2 amide bonds. The first-order chi connectivity index (χ1) is 17.5. The Hall–Kier alpha value is -3.39. The molecule has 192 valence electrons. The number of imide groups is 1. The Bertz CT molecular complexity index is 1100. The number of methoxy groups -OCH3 is 1. The van der Waals surface area contributed by atoms with Crippen LogP contribution in [-0.4, -0.2) is 49.6 Å². The van der Waals surface area contributed by atoms with E-state index < -0.39 is 0 Å². The second-order valence-corrected chi connectivity index (χ2v) is 9.10. The van der Waals surface area contributed by atoms with E-state index in [2.05, 4.69) is 11.4 Å². The summed E-state index contributed by atoms with van der Waals surface area (Å²) in [6, 6.07) is 11.9. The van der Waals surface area contributed by atoms with Crippen LogP contribution in [0.15, 0.2) is 36.4 Å². The number of nitrogens with zero attached hydrogens (tertiary/aromatic N) is 1. The minimum absolute atomic E-state index is 0.0818. The molecule has 8 nitrogen and oxygen atoms in total. The van der Waals surface area contributed by atoms with Crippen LogP contribution >= 0.6 is 0 Å². The Morgan fingerprint density at radius 3 is 2.67 bits per heavy atom. The van der Waals surface area contributed by atoms with Crippen molar-refractivity contribution in [2.75, 3.05) is 26.9 Å². The zero-order valence-corrected chi connectivity index (χ0v) is 21.0. The van der Waals surface area contributed by atoms with Gasteiger partial charge in [0.05, 0.1) is 26.7 Å². The van der Waals surface area contributed by atoms with Gasteiger partial charge in [0.2, 0.25) is 11.8 Å². The maximum atomic E-state index is 12.3. The Morgan fingerprint density at radius 1 is 1.11 bits per heavy atom. The normalized spacial score (nSPS) is 15.6. The fourth-order valence-electron chi connectivity index (χ4n) is 4.76. The summed E-state index contributed by atoms with van der Waals surface area (Å²) in [5.74, 6) is 1.27. The van der Waals surface area contributed by atoms with Crippen LogP contribution in [0.25, 0.3) is 0 Å². The molecule has 8 heteroatoms. The standard InChI is InChI=1S/C28H34N2O6/c1-3-35-28(33)17-23(21-8-9-24-22(16-21)12-14-36-24)29-18-19-6-7-20(25(15-19)34-2)5-4-13-30-26(31)10-11-27(30)32/h6-9,15-16,23,29H,3-5,10-14,17-18H2,1-2H3. The highest BCUT2D eigenvalue weighted by Crippen LogP contribution is 2.30. The number of likely N-dealkylation sites (tertiary alicyclic amines) is 1. The molecule has 0 spiro atoms. The van der Waals surface area contributed by atoms with Crippen molar-refractivity contribution in [3.63, 3.8) is 0 Å². The number of carbonyl (C=O) groups is 3. The molecule has 2 heterocycles. The topological polar surface area (TPSA) is 94.2 Å². The number of ether oxygens (including phenoxy) is 3. The maximum Gasteiger partial charge on any atom is 0.307 e. The minimum atomic E-state index is -0.241. The van der Waals surface area contributed by atoms with Crippen LogP contribution in [0.1, 0.15) is 60.9 Å². The number of fused-ring (bicyclic) bond motifs is 1. The van der Waals surface area contributed by atoms with Gasteiger partial charge in [-0.25, -0.2) is 0 Å². The van der Waals surface area contributed by atoms with Crippen molar-refractivity contribution >= 4 is 17.8 Å². The van der Waals surface area contributed by atoms with Gasteiger partial charge in [-0.05, 0) is 54.2 Å². The van der Waals surface area contributed by atoms with E-state index in [0.29, 0.717) is 52.0 Å². The Labute approximate surface area is 211 Å². The Balaban J connectivity index is 1.40. The third-order valence-corrected chi connectivity index (χ3v) is 6.68. The van der Waals surface area contributed by atoms with Crippen LogP contribution in [0.2, 0.25) is 0 Å². The number of amides is 2. The lowest BCUT2D eigenvalue weighted by Gasteiger charge is -2.20. The highest BCUT2D eigenvalue weighted by Gasteiger charge is 2.28. The van der Waals surface area contributed by atoms with Gasteiger partial charge in [-0.2, -0.15) is 0 Å². The molecule has 1 unspecified atom stereocenters. The maximum absolute atomic E-state index is 12.3. The molecule has 0 aromatic heterocycles. The van der Waals surface area contributed by atoms with E-state index in [1.807, 2.05) is 37.3 Å². The van der Waals surface area contributed by atoms with Crippen molar-refractivity contribution in [2.24, 2.45) is 0 Å². The van der Waals surface area contributed by atoms with Gasteiger partial charge < -0.3 is 19.5 Å². The molecule has 2 aliphatic rings. The first kappa shape index (κ1) is 25.7. The van der Waals surface area contributed by atoms with Gasteiger partial charge >= 0.3 is 5.97 Å². The van der Waals surface area contributed by atoms with Gasteiger partial charge in [-0.15, -0.1) is 0 Å². The molecule has 2 aromatic carbocycles. The highest BCUT2D eigenvalue weighted by atomic mass is 16.5. The first-order valence-corrected chi connectivity index (χ1v) is 12.6. The average Bonchev–Trinajstić information content (AvgIpc) is 3.48. The number of hydrogen-bond donors (Lipinski definition) is 1. The zero-order chi connectivity index (χ0) is 25.5. The monoisotopic (exact) mass is 494 g/mol. The molecule has 1 atom stereocenters. The summed E-state index contributed by atoms with van der Waals surface area (Å²) in [5, 5.41) is 3.51. The second kappa shape index (κ2) is 12.0. The Kier molecular flexibility index (Phi) is 8.59. The van der Waals surface area contributed by atoms with E-state index in [0.717, 1.165) is 40.2 Å². The predicted octanol–water partition coefficient (Wildman–Crippen LogP) is 3.50. The minimum Gasteiger partial charge on any atom is -0.496 e. The van der Waals surface area contributed by atoms with Crippen molar-refractivity contribution in [3.05, 3.63) is 58.7 Å². The molecule has 2 aromatic rings. The van der Waals surface area contributed by atoms with Crippen LogP contribution < -0.4 is 14.8 Å². The largest absolute Gasteiger partial charge is 0.496 e. The van der Waals surface area contributed by atoms with Crippen molar-refractivity contribution in [1.82, 2.24) is 10.2 Å². The summed E-state index contributed by atoms with van der Waals surface area (Å²) in [4.78, 5) is 37.3. The van der Waals surface area contributed by atoms with Gasteiger partial charge in [0.25, 0.3) is 0 Å². The van der Waals surface area contributed by atoms with Gasteiger partial charge in [0.15, 0.2) is 0 Å². The van der Waals surface area contributed by atoms with E-state index in [9.17, 15) is 14.4 Å². The molecule has 1 N–H and O–H groups in total. The van der Waals surface area contributed by atoms with E-state index in [-0.39, 0.29) is 30.2 Å². The van der Waals surface area contributed by atoms with Crippen LogP contribution in [0.3, 0.4) is 0 Å². The smallest absolute Gasteiger partial charge is 0.307 e. The fourth-order valence-corrected chi connectivity index (χ4v) is 4.76. The molecule has 0 saturated carbocycles. The molecule has 0 radical (unpaired) electrons. The number of esters is 1. The van der Waals surface area contributed by atoms with E-state index >= 15 is 0 Å². The van der Waals surface area contributed by atoms with Gasteiger partial charge in [0, 0.05) is 38.4 Å². The molecule has 0 aliphatic carbocycles. The third-order valence-electron chi connectivity index (χ3n) is 6.68. The van der Waals surface area contributed by atoms with Crippen LogP contribution in [0.5, 0.6) is 11.5 Å². The fraction of sp³-hybridized carbons (Fsp3) is 0.464. The molecular weight excluding hydrogens is 460 g/mol. The molecule has 2 aliphatic heterocycles. The molecule has 1 saturated heterocycles. The van der Waals surface area contributed by atoms with Crippen LogP contribution in [0, 0.1) is 0 Å². The van der Waals surface area contributed by atoms with Gasteiger partial charge in [0.1, 0.15) is 11.5 Å². The third kappa shape index (κ3) is 6.23. The highest BCUT2D eigenvalue weighted by molar-refractivity contribution is 6.01. The van der Waals surface area contributed by atoms with Crippen molar-refractivity contribution in [3.8, 4) is 11.5 Å². The van der Waals surface area contributed by atoms with E-state index in [1.165, 1.54) is 4.90 Å². The number of benzene rings is 2. The van der Waals surface area contributed by atoms with E-state index in [1.54, 1.807) is 7.11 Å². The lowest BCUT2D eigenvalue weighted by atomic mass is 9.99. The first-order valence-electron chi connectivity index (χ1n) is 12.6. The van der Waals surface area contributed by atoms with Gasteiger partial charge in [-0.1, -0.05) is 24.3 Å². The van der Waals surface area contributed by atoms with Crippen molar-refractivity contribution < 1.29 is 28.6 Å². The number of aryl methyl sites for hydroxylation is 1. The van der Waals surface area contributed by atoms with Crippen molar-refractivity contribution in [1.29, 1.82) is 0 Å². The summed E-state index contributed by atoms with van der Waals surface area (Å²) < 4.78 is 16.5. The van der Waals surface area contributed by atoms with Crippen molar-refractivity contribution in [2.45, 2.75) is 58.0 Å². The lowest BCUT2D eigenvalue weighted by Crippen LogP contribution is -2.30. The quantitative estimate of drug-likeness (QED) is 0.357. The van der Waals surface area contributed by atoms with Crippen LogP contribution in [0.4, 0.5) is 0 Å². The molecule has 1 fully saturated rings. The molecular formula is C28H34N2O6. The second-order valence-electron chi connectivity index (χ2n) is 9.10. The zero-order valence-electron chi connectivity index (χ0n) is 21.0. The molecule has 36 heavy (non-hydrogen) atoms. The molecule has 4 rings (SSSR count). The molecule has 0 bridgehead atoms. The van der Waals surface area contributed by atoms with E-state index in [4.69, 9.17) is 14.2 Å². The summed E-state index contributed by atoms with van der Waals surface area (Å²) in [5.41, 5.74) is 4.24. The number of nitrogens with one attached hydrogen (secondary N) is 1. The van der Waals surface area contributed by atoms with Gasteiger partial charge in [-0.3, -0.25) is 19.3 Å². The SMILES string of the molecule is CCOC(=O)CC(NCc1ccc(CCCN2C(=O)CCC2=O)c(OC)c1)c1ccc2c(c1)CCO2. The lowest BCUT2D eigenvalue weighted by molar-refractivity contribution is -0.144. The average molecular weight is 495 g/mol. The number of carbonyl (C=O) groups excluding carboxylic acids is 3. The predicted molar refractivity (Wildman–Crippen MR) is 134 cm³/mol. The summed E-state index contributed by atoms with van der Waals surface area (Å²) in [6.07, 6.45) is 3.14. The Morgan fingerprint density at radius 2 is 1.92 bits per heavy atom. The van der Waals surface area contributed by atoms with Crippen LogP contribution in [-0.2, 0) is 38.5 Å². The number of rotatable bonds is 12. The number of hydrogen-bond acceptors (Lipinski definition) is 7. The summed E-state index contributed by atoms with van der Waals surface area (Å²) in [7, 11) is 1.64.